The van der Waals surface area contributed by atoms with E-state index in [4.69, 9.17) is 9.26 Å². The van der Waals surface area contributed by atoms with E-state index in [-0.39, 0.29) is 6.54 Å². The molecule has 6 nitrogen and oxygen atoms in total. The minimum Gasteiger partial charge on any atom is -0.444 e. The van der Waals surface area contributed by atoms with Crippen LogP contribution in [0.3, 0.4) is 0 Å². The van der Waals surface area contributed by atoms with Gasteiger partial charge in [0.2, 0.25) is 5.89 Å². The van der Waals surface area contributed by atoms with Crippen molar-refractivity contribution in [2.24, 2.45) is 0 Å². The fourth-order valence-corrected chi connectivity index (χ4v) is 0.879. The van der Waals surface area contributed by atoms with Crippen molar-refractivity contribution in [1.29, 1.82) is 0 Å². The van der Waals surface area contributed by atoms with Gasteiger partial charge in [0.1, 0.15) is 5.60 Å². The third-order valence-electron chi connectivity index (χ3n) is 1.36. The number of hydrogen-bond acceptors (Lipinski definition) is 5. The molecule has 1 amide bonds. The van der Waals surface area contributed by atoms with Gasteiger partial charge in [0, 0.05) is 6.92 Å². The van der Waals surface area contributed by atoms with Crippen molar-refractivity contribution in [2.75, 3.05) is 0 Å². The number of hydrogen-bond donors (Lipinski definition) is 1. The van der Waals surface area contributed by atoms with E-state index in [1.54, 1.807) is 27.7 Å². The lowest BCUT2D eigenvalue weighted by molar-refractivity contribution is 0.0522. The molecule has 0 spiro atoms. The highest BCUT2D eigenvalue weighted by atomic mass is 16.6. The number of nitrogens with zero attached hydrogens (tertiary/aromatic N) is 2. The van der Waals surface area contributed by atoms with Crippen molar-refractivity contribution in [3.05, 3.63) is 11.7 Å². The second kappa shape index (κ2) is 4.29. The molecule has 0 fully saturated rings. The lowest BCUT2D eigenvalue weighted by atomic mass is 10.2. The van der Waals surface area contributed by atoms with E-state index in [0.717, 1.165) is 0 Å². The summed E-state index contributed by atoms with van der Waals surface area (Å²) in [6, 6.07) is 0. The molecule has 0 atom stereocenters. The molecular weight excluding hydrogens is 198 g/mol. The molecule has 0 aliphatic heterocycles. The number of amides is 1. The minimum atomic E-state index is -0.503. The predicted molar refractivity (Wildman–Crippen MR) is 52.1 cm³/mol. The number of ether oxygens (including phenoxy) is 1. The van der Waals surface area contributed by atoms with Gasteiger partial charge in [-0.1, -0.05) is 5.16 Å². The Labute approximate surface area is 88.0 Å². The number of alkyl carbamates (subject to hydrolysis) is 1. The number of aryl methyl sites for hydroxylation is 1. The zero-order valence-electron chi connectivity index (χ0n) is 9.33. The minimum absolute atomic E-state index is 0.201. The Hall–Kier alpha value is -1.59. The molecule has 0 aliphatic rings. The Morgan fingerprint density at radius 3 is 2.67 bits per heavy atom. The van der Waals surface area contributed by atoms with Crippen molar-refractivity contribution in [2.45, 2.75) is 39.8 Å². The fourth-order valence-electron chi connectivity index (χ4n) is 0.879. The fraction of sp³-hybridized carbons (Fsp3) is 0.667. The van der Waals surface area contributed by atoms with Crippen LogP contribution in [0, 0.1) is 6.92 Å². The molecule has 0 saturated carbocycles. The highest BCUT2D eigenvalue weighted by Gasteiger charge is 2.16. The molecule has 1 rings (SSSR count). The Balaban J connectivity index is 2.35. The van der Waals surface area contributed by atoms with Crippen molar-refractivity contribution in [3.63, 3.8) is 0 Å². The molecular formula is C9H15N3O3. The summed E-state index contributed by atoms with van der Waals surface area (Å²) in [5.74, 6) is 0.898. The van der Waals surface area contributed by atoms with Crippen molar-refractivity contribution >= 4 is 6.09 Å². The molecule has 0 aliphatic carbocycles. The van der Waals surface area contributed by atoms with E-state index in [1.807, 2.05) is 0 Å². The maximum Gasteiger partial charge on any atom is 0.408 e. The van der Waals surface area contributed by atoms with Crippen molar-refractivity contribution < 1.29 is 14.1 Å². The largest absolute Gasteiger partial charge is 0.444 e. The van der Waals surface area contributed by atoms with Gasteiger partial charge in [0.05, 0.1) is 6.54 Å². The average Bonchev–Trinajstić information content (AvgIpc) is 2.45. The lowest BCUT2D eigenvalue weighted by Gasteiger charge is -2.19. The van der Waals surface area contributed by atoms with Crippen LogP contribution in [0.25, 0.3) is 0 Å². The Morgan fingerprint density at radius 2 is 2.20 bits per heavy atom. The van der Waals surface area contributed by atoms with Crippen LogP contribution in [-0.2, 0) is 11.3 Å². The topological polar surface area (TPSA) is 77.2 Å². The molecule has 15 heavy (non-hydrogen) atoms. The summed E-state index contributed by atoms with van der Waals surface area (Å²) in [6.45, 7) is 7.28. The van der Waals surface area contributed by atoms with Gasteiger partial charge in [0.15, 0.2) is 5.82 Å². The highest BCUT2D eigenvalue weighted by Crippen LogP contribution is 2.06. The van der Waals surface area contributed by atoms with Gasteiger partial charge in [-0.25, -0.2) is 4.79 Å². The first-order valence-corrected chi connectivity index (χ1v) is 4.63. The molecule has 1 heterocycles. The van der Waals surface area contributed by atoms with Crippen LogP contribution in [0.1, 0.15) is 32.5 Å². The summed E-state index contributed by atoms with van der Waals surface area (Å²) in [5.41, 5.74) is -0.503. The molecule has 0 bridgehead atoms. The van der Waals surface area contributed by atoms with Gasteiger partial charge < -0.3 is 14.6 Å². The van der Waals surface area contributed by atoms with Crippen LogP contribution >= 0.6 is 0 Å². The molecule has 6 heteroatoms. The maximum absolute atomic E-state index is 11.2. The van der Waals surface area contributed by atoms with E-state index in [1.165, 1.54) is 0 Å². The zero-order valence-corrected chi connectivity index (χ0v) is 9.33. The van der Waals surface area contributed by atoms with Gasteiger partial charge in [-0.15, -0.1) is 0 Å². The summed E-state index contributed by atoms with van der Waals surface area (Å²) >= 11 is 0. The van der Waals surface area contributed by atoms with Crippen LogP contribution in [0.2, 0.25) is 0 Å². The van der Waals surface area contributed by atoms with Crippen LogP contribution in [0.15, 0.2) is 4.52 Å². The number of carbonyl (C=O) groups is 1. The van der Waals surface area contributed by atoms with Gasteiger partial charge in [-0.3, -0.25) is 0 Å². The van der Waals surface area contributed by atoms with Gasteiger partial charge in [-0.2, -0.15) is 4.98 Å². The van der Waals surface area contributed by atoms with Crippen molar-refractivity contribution in [1.82, 2.24) is 15.5 Å². The standard InChI is InChI=1S/C9H15N3O3/c1-6-11-7(12-15-6)5-10-8(13)14-9(2,3)4/h5H2,1-4H3,(H,10,13). The zero-order chi connectivity index (χ0) is 11.5. The predicted octanol–water partition coefficient (Wildman–Crippen LogP) is 1.40. The van der Waals surface area contributed by atoms with Crippen LogP contribution < -0.4 is 5.32 Å². The lowest BCUT2D eigenvalue weighted by Crippen LogP contribution is -2.32. The van der Waals surface area contributed by atoms with E-state index >= 15 is 0 Å². The normalized spacial score (nSPS) is 11.2. The van der Waals surface area contributed by atoms with Gasteiger partial charge in [0.25, 0.3) is 0 Å². The summed E-state index contributed by atoms with van der Waals surface area (Å²) < 4.78 is 9.77. The average molecular weight is 213 g/mol. The Kier molecular flexibility index (Phi) is 3.28. The molecule has 1 aromatic heterocycles. The van der Waals surface area contributed by atoms with E-state index in [9.17, 15) is 4.79 Å². The second-order valence-electron chi connectivity index (χ2n) is 4.09. The third-order valence-corrected chi connectivity index (χ3v) is 1.36. The monoisotopic (exact) mass is 213 g/mol. The number of carbonyl (C=O) groups excluding carboxylic acids is 1. The summed E-state index contributed by atoms with van der Waals surface area (Å²) in [7, 11) is 0. The number of aromatic nitrogens is 2. The number of rotatable bonds is 2. The molecule has 1 N–H and O–H groups in total. The SMILES string of the molecule is Cc1nc(CNC(=O)OC(C)(C)C)no1. The molecule has 0 saturated heterocycles. The first-order chi connectivity index (χ1) is 6.87. The van der Waals surface area contributed by atoms with Gasteiger partial charge >= 0.3 is 6.09 Å². The third kappa shape index (κ3) is 4.44. The summed E-state index contributed by atoms with van der Waals surface area (Å²) in [4.78, 5) is 15.2. The summed E-state index contributed by atoms with van der Waals surface area (Å²) in [5, 5.41) is 6.15. The smallest absolute Gasteiger partial charge is 0.408 e. The first kappa shape index (κ1) is 11.5. The number of nitrogens with one attached hydrogen (secondary N) is 1. The first-order valence-electron chi connectivity index (χ1n) is 4.63. The second-order valence-corrected chi connectivity index (χ2v) is 4.09. The molecule has 0 aromatic carbocycles. The van der Waals surface area contributed by atoms with Gasteiger partial charge in [-0.05, 0) is 20.8 Å². The molecule has 0 radical (unpaired) electrons. The van der Waals surface area contributed by atoms with Crippen LogP contribution in [0.5, 0.6) is 0 Å². The van der Waals surface area contributed by atoms with Crippen LogP contribution in [0.4, 0.5) is 4.79 Å². The quantitative estimate of drug-likeness (QED) is 0.803. The van der Waals surface area contributed by atoms with E-state index < -0.39 is 11.7 Å². The van der Waals surface area contributed by atoms with Crippen molar-refractivity contribution in [3.8, 4) is 0 Å². The highest BCUT2D eigenvalue weighted by molar-refractivity contribution is 5.67. The molecule has 0 unspecified atom stereocenters. The molecule has 84 valence electrons. The maximum atomic E-state index is 11.2. The van der Waals surface area contributed by atoms with E-state index in [0.29, 0.717) is 11.7 Å². The Morgan fingerprint density at radius 1 is 1.53 bits per heavy atom. The summed E-state index contributed by atoms with van der Waals surface area (Å²) in [6.07, 6.45) is -0.495. The Bertz CT molecular complexity index is 341. The van der Waals surface area contributed by atoms with Crippen LogP contribution in [-0.4, -0.2) is 21.8 Å². The molecule has 1 aromatic rings. The van der Waals surface area contributed by atoms with E-state index in [2.05, 4.69) is 15.5 Å².